The van der Waals surface area contributed by atoms with Crippen molar-refractivity contribution in [1.82, 2.24) is 14.9 Å². The lowest BCUT2D eigenvalue weighted by Gasteiger charge is -2.08. The Hall–Kier alpha value is -1.73. The lowest BCUT2D eigenvalue weighted by molar-refractivity contribution is -0.113. The lowest BCUT2D eigenvalue weighted by atomic mass is 10.2. The number of hydrogen-bond donors (Lipinski definition) is 2. The predicted molar refractivity (Wildman–Crippen MR) is 85.1 cm³/mol. The third kappa shape index (κ3) is 3.89. The van der Waals surface area contributed by atoms with E-state index in [1.807, 2.05) is 13.8 Å². The molecule has 8 heteroatoms. The Morgan fingerprint density at radius 1 is 1.48 bits per heavy atom. The Labute approximate surface area is 132 Å². The smallest absolute Gasteiger partial charge is 0.234 e. The molecule has 2 rings (SSSR count). The van der Waals surface area contributed by atoms with E-state index in [1.54, 1.807) is 18.2 Å². The number of nitrogen functional groups attached to an aromatic ring is 1. The maximum absolute atomic E-state index is 11.9. The maximum atomic E-state index is 11.9. The summed E-state index contributed by atoms with van der Waals surface area (Å²) in [7, 11) is 0. The van der Waals surface area contributed by atoms with Crippen LogP contribution in [0.5, 0.6) is 0 Å². The molecule has 3 N–H and O–H groups in total. The van der Waals surface area contributed by atoms with E-state index in [1.165, 1.54) is 16.4 Å². The third-order valence-electron chi connectivity index (χ3n) is 2.85. The summed E-state index contributed by atoms with van der Waals surface area (Å²) in [5, 5.41) is 11.9. The van der Waals surface area contributed by atoms with Crippen molar-refractivity contribution in [3.63, 3.8) is 0 Å². The Morgan fingerprint density at radius 3 is 2.86 bits per heavy atom. The van der Waals surface area contributed by atoms with Crippen molar-refractivity contribution in [3.05, 3.63) is 34.6 Å². The number of nitrogens with zero attached hydrogens (tertiary/aromatic N) is 3. The van der Waals surface area contributed by atoms with Crippen LogP contribution in [0.2, 0.25) is 5.02 Å². The van der Waals surface area contributed by atoms with Crippen LogP contribution in [0.25, 0.3) is 0 Å². The van der Waals surface area contributed by atoms with Crippen LogP contribution in [0, 0.1) is 6.92 Å². The van der Waals surface area contributed by atoms with E-state index in [-0.39, 0.29) is 11.7 Å². The predicted octanol–water partition coefficient (Wildman–Crippen LogP) is 2.25. The molecule has 0 radical (unpaired) electrons. The van der Waals surface area contributed by atoms with Crippen LogP contribution in [0.4, 0.5) is 5.69 Å². The molecule has 21 heavy (non-hydrogen) atoms. The highest BCUT2D eigenvalue weighted by molar-refractivity contribution is 7.99. The van der Waals surface area contributed by atoms with Crippen molar-refractivity contribution < 1.29 is 4.79 Å². The number of nitrogens with one attached hydrogen (secondary N) is 1. The van der Waals surface area contributed by atoms with Gasteiger partial charge in [-0.3, -0.25) is 4.79 Å². The molecule has 0 saturated carbocycles. The molecule has 1 amide bonds. The fraction of sp³-hybridized carbons (Fsp3) is 0.308. The summed E-state index contributed by atoms with van der Waals surface area (Å²) in [6.07, 6.45) is 0.695. The molecule has 0 fully saturated rings. The van der Waals surface area contributed by atoms with Gasteiger partial charge < -0.3 is 11.2 Å². The molecule has 0 atom stereocenters. The van der Waals surface area contributed by atoms with Crippen molar-refractivity contribution in [2.75, 3.05) is 16.9 Å². The zero-order chi connectivity index (χ0) is 15.4. The topological polar surface area (TPSA) is 85.8 Å². The largest absolute Gasteiger partial charge is 0.336 e. The van der Waals surface area contributed by atoms with Gasteiger partial charge in [-0.15, -0.1) is 10.2 Å². The third-order valence-corrected chi connectivity index (χ3v) is 4.02. The second-order valence-corrected chi connectivity index (χ2v) is 5.80. The van der Waals surface area contributed by atoms with E-state index in [4.69, 9.17) is 17.4 Å². The zero-order valence-electron chi connectivity index (χ0n) is 11.8. The van der Waals surface area contributed by atoms with E-state index in [0.29, 0.717) is 22.4 Å². The van der Waals surface area contributed by atoms with Crippen molar-refractivity contribution in [3.8, 4) is 0 Å². The molecule has 1 aromatic heterocycles. The highest BCUT2D eigenvalue weighted by atomic mass is 35.5. The first-order chi connectivity index (χ1) is 10.0. The number of aryl methyl sites for hydroxylation is 2. The van der Waals surface area contributed by atoms with Crippen molar-refractivity contribution in [1.29, 1.82) is 0 Å². The molecule has 0 saturated heterocycles. The zero-order valence-corrected chi connectivity index (χ0v) is 13.3. The number of carbonyl (C=O) groups excluding carboxylic acids is 1. The van der Waals surface area contributed by atoms with Crippen molar-refractivity contribution in [2.45, 2.75) is 25.4 Å². The van der Waals surface area contributed by atoms with E-state index >= 15 is 0 Å². The van der Waals surface area contributed by atoms with Gasteiger partial charge in [-0.05, 0) is 30.7 Å². The minimum atomic E-state index is -0.133. The highest BCUT2D eigenvalue weighted by Gasteiger charge is 2.11. The van der Waals surface area contributed by atoms with E-state index in [2.05, 4.69) is 15.5 Å². The average Bonchev–Trinajstić information content (AvgIpc) is 2.80. The molecule has 0 spiro atoms. The Bertz CT molecular complexity index is 658. The monoisotopic (exact) mass is 325 g/mol. The molecule has 1 heterocycles. The van der Waals surface area contributed by atoms with Gasteiger partial charge in [0.2, 0.25) is 11.1 Å². The standard InChI is InChI=1S/C13H16ClN5OS/c1-3-11-17-18-13(19(11)15)21-7-12(20)16-10-5-4-9(14)6-8(10)2/h4-6H,3,7,15H2,1-2H3,(H,16,20). The first kappa shape index (κ1) is 15.7. The Balaban J connectivity index is 1.94. The van der Waals surface area contributed by atoms with Gasteiger partial charge >= 0.3 is 0 Å². The molecular formula is C13H16ClN5OS. The molecule has 0 aliphatic heterocycles. The van der Waals surface area contributed by atoms with Gasteiger partial charge in [-0.25, -0.2) is 4.68 Å². The van der Waals surface area contributed by atoms with Gasteiger partial charge in [0.1, 0.15) is 0 Å². The second kappa shape index (κ2) is 6.82. The molecule has 0 unspecified atom stereocenters. The first-order valence-electron chi connectivity index (χ1n) is 6.39. The fourth-order valence-corrected chi connectivity index (χ4v) is 2.63. The Morgan fingerprint density at radius 2 is 2.24 bits per heavy atom. The maximum Gasteiger partial charge on any atom is 0.234 e. The van der Waals surface area contributed by atoms with Gasteiger partial charge in [0.15, 0.2) is 5.82 Å². The van der Waals surface area contributed by atoms with Crippen LogP contribution < -0.4 is 11.2 Å². The summed E-state index contributed by atoms with van der Waals surface area (Å²) < 4.78 is 1.41. The molecule has 2 aromatic rings. The summed E-state index contributed by atoms with van der Waals surface area (Å²) >= 11 is 7.13. The molecular weight excluding hydrogens is 310 g/mol. The number of carbonyl (C=O) groups is 1. The van der Waals surface area contributed by atoms with Crippen LogP contribution in [0.1, 0.15) is 18.3 Å². The second-order valence-electron chi connectivity index (χ2n) is 4.42. The molecule has 0 aliphatic rings. The minimum absolute atomic E-state index is 0.133. The number of nitrogens with two attached hydrogens (primary N) is 1. The van der Waals surface area contributed by atoms with E-state index in [0.717, 1.165) is 11.3 Å². The summed E-state index contributed by atoms with van der Waals surface area (Å²) in [5.74, 6) is 6.58. The summed E-state index contributed by atoms with van der Waals surface area (Å²) in [5.41, 5.74) is 1.66. The number of amides is 1. The molecule has 6 nitrogen and oxygen atoms in total. The van der Waals surface area contributed by atoms with E-state index < -0.39 is 0 Å². The van der Waals surface area contributed by atoms with Gasteiger partial charge in [0.25, 0.3) is 0 Å². The van der Waals surface area contributed by atoms with E-state index in [9.17, 15) is 4.79 Å². The van der Waals surface area contributed by atoms with Gasteiger partial charge in [-0.2, -0.15) is 0 Å². The van der Waals surface area contributed by atoms with Crippen LogP contribution in [0.3, 0.4) is 0 Å². The van der Waals surface area contributed by atoms with Crippen molar-refractivity contribution in [2.24, 2.45) is 0 Å². The number of thioether (sulfide) groups is 1. The number of benzene rings is 1. The molecule has 1 aromatic carbocycles. The number of aromatic nitrogens is 3. The first-order valence-corrected chi connectivity index (χ1v) is 7.75. The lowest BCUT2D eigenvalue weighted by Crippen LogP contribution is -2.17. The van der Waals surface area contributed by atoms with Crippen LogP contribution in [-0.4, -0.2) is 26.5 Å². The number of rotatable bonds is 5. The average molecular weight is 326 g/mol. The Kier molecular flexibility index (Phi) is 5.08. The molecule has 112 valence electrons. The SMILES string of the molecule is CCc1nnc(SCC(=O)Nc2ccc(Cl)cc2C)n1N. The van der Waals surface area contributed by atoms with Crippen LogP contribution in [-0.2, 0) is 11.2 Å². The number of anilines is 1. The van der Waals surface area contributed by atoms with Gasteiger partial charge in [-0.1, -0.05) is 30.3 Å². The molecule has 0 aliphatic carbocycles. The number of hydrogen-bond acceptors (Lipinski definition) is 5. The van der Waals surface area contributed by atoms with Crippen LogP contribution in [0.15, 0.2) is 23.4 Å². The van der Waals surface area contributed by atoms with Gasteiger partial charge in [0.05, 0.1) is 5.75 Å². The summed E-state index contributed by atoms with van der Waals surface area (Å²) in [4.78, 5) is 11.9. The highest BCUT2D eigenvalue weighted by Crippen LogP contribution is 2.20. The normalized spacial score (nSPS) is 10.6. The minimum Gasteiger partial charge on any atom is -0.336 e. The molecule has 0 bridgehead atoms. The van der Waals surface area contributed by atoms with Crippen molar-refractivity contribution >= 4 is 35.0 Å². The van der Waals surface area contributed by atoms with Gasteiger partial charge in [0, 0.05) is 17.1 Å². The fourth-order valence-electron chi connectivity index (χ4n) is 1.73. The number of halogens is 1. The summed E-state index contributed by atoms with van der Waals surface area (Å²) in [6, 6.07) is 5.32. The van der Waals surface area contributed by atoms with Crippen LogP contribution >= 0.6 is 23.4 Å². The summed E-state index contributed by atoms with van der Waals surface area (Å²) in [6.45, 7) is 3.83. The quantitative estimate of drug-likeness (QED) is 0.650.